The van der Waals surface area contributed by atoms with Gasteiger partial charge in [-0.1, -0.05) is 0 Å². The van der Waals surface area contributed by atoms with Gasteiger partial charge in [0.15, 0.2) is 0 Å². The van der Waals surface area contributed by atoms with Crippen molar-refractivity contribution in [3.05, 3.63) is 0 Å². The average molecular weight is 241 g/mol. The van der Waals surface area contributed by atoms with Gasteiger partial charge in [0.25, 0.3) is 0 Å². The van der Waals surface area contributed by atoms with Gasteiger partial charge in [0, 0.05) is 12.6 Å². The van der Waals surface area contributed by atoms with Gasteiger partial charge >= 0.3 is 6.03 Å². The number of carbonyl (C=O) groups is 2. The molecular formula is C11H19N3O3. The second-order valence-corrected chi connectivity index (χ2v) is 4.68. The molecule has 0 radical (unpaired) electrons. The van der Waals surface area contributed by atoms with Crippen LogP contribution < -0.4 is 16.0 Å². The van der Waals surface area contributed by atoms with Crippen LogP contribution in [0.2, 0.25) is 0 Å². The van der Waals surface area contributed by atoms with E-state index in [9.17, 15) is 9.59 Å². The fraction of sp³-hybridized carbons (Fsp3) is 0.818. The van der Waals surface area contributed by atoms with E-state index < -0.39 is 6.04 Å². The minimum Gasteiger partial charge on any atom is -0.379 e. The Kier molecular flexibility index (Phi) is 3.83. The maximum absolute atomic E-state index is 11.6. The zero-order chi connectivity index (χ0) is 12.3. The first-order valence-electron chi connectivity index (χ1n) is 6.10. The zero-order valence-corrected chi connectivity index (χ0v) is 9.99. The maximum atomic E-state index is 11.6. The third-order valence-electron chi connectivity index (χ3n) is 2.93. The van der Waals surface area contributed by atoms with E-state index in [0.717, 1.165) is 19.3 Å². The maximum Gasteiger partial charge on any atom is 0.315 e. The van der Waals surface area contributed by atoms with Gasteiger partial charge in [0.1, 0.15) is 6.04 Å². The summed E-state index contributed by atoms with van der Waals surface area (Å²) in [5.74, 6) is -0.120. The van der Waals surface area contributed by atoms with E-state index >= 15 is 0 Å². The third-order valence-corrected chi connectivity index (χ3v) is 2.93. The fourth-order valence-electron chi connectivity index (χ4n) is 1.69. The van der Waals surface area contributed by atoms with Crippen molar-refractivity contribution in [2.24, 2.45) is 0 Å². The molecule has 3 amide bonds. The standard InChI is InChI=1S/C11H19N3O3/c1-7(10(15)13-8-2-3-8)12-11(16)14-9-4-5-17-6-9/h7-9H,2-6H2,1H3,(H,13,15)(H2,12,14,16). The number of carbonyl (C=O) groups excluding carboxylic acids is 2. The largest absolute Gasteiger partial charge is 0.379 e. The normalized spacial score (nSPS) is 25.1. The lowest BCUT2D eigenvalue weighted by atomic mass is 10.2. The molecule has 2 aliphatic rings. The molecule has 1 heterocycles. The smallest absolute Gasteiger partial charge is 0.315 e. The molecule has 6 heteroatoms. The highest BCUT2D eigenvalue weighted by Crippen LogP contribution is 2.18. The van der Waals surface area contributed by atoms with Gasteiger partial charge in [-0.2, -0.15) is 0 Å². The lowest BCUT2D eigenvalue weighted by Gasteiger charge is -2.16. The number of hydrogen-bond acceptors (Lipinski definition) is 3. The molecule has 1 aliphatic heterocycles. The molecule has 17 heavy (non-hydrogen) atoms. The molecule has 0 aromatic rings. The van der Waals surface area contributed by atoms with Gasteiger partial charge < -0.3 is 20.7 Å². The van der Waals surface area contributed by atoms with E-state index in [4.69, 9.17) is 4.74 Å². The van der Waals surface area contributed by atoms with Crippen LogP contribution in [0.4, 0.5) is 4.79 Å². The summed E-state index contributed by atoms with van der Waals surface area (Å²) in [7, 11) is 0. The summed E-state index contributed by atoms with van der Waals surface area (Å²) < 4.78 is 5.15. The molecule has 3 N–H and O–H groups in total. The second-order valence-electron chi connectivity index (χ2n) is 4.68. The summed E-state index contributed by atoms with van der Waals surface area (Å²) >= 11 is 0. The van der Waals surface area contributed by atoms with E-state index in [1.165, 1.54) is 0 Å². The van der Waals surface area contributed by atoms with E-state index in [2.05, 4.69) is 16.0 Å². The summed E-state index contributed by atoms with van der Waals surface area (Å²) in [6.07, 6.45) is 2.92. The average Bonchev–Trinajstić information content (AvgIpc) is 2.93. The van der Waals surface area contributed by atoms with E-state index in [1.54, 1.807) is 6.92 Å². The van der Waals surface area contributed by atoms with Gasteiger partial charge in [0.2, 0.25) is 5.91 Å². The second kappa shape index (κ2) is 5.35. The van der Waals surface area contributed by atoms with Crippen molar-refractivity contribution in [1.82, 2.24) is 16.0 Å². The molecule has 1 aliphatic carbocycles. The molecule has 2 unspecified atom stereocenters. The highest BCUT2D eigenvalue weighted by atomic mass is 16.5. The summed E-state index contributed by atoms with van der Waals surface area (Å²) in [5, 5.41) is 8.25. The fourth-order valence-corrected chi connectivity index (χ4v) is 1.69. The minimum atomic E-state index is -0.502. The van der Waals surface area contributed by atoms with Crippen LogP contribution in [0.3, 0.4) is 0 Å². The molecule has 6 nitrogen and oxygen atoms in total. The summed E-state index contributed by atoms with van der Waals surface area (Å²) in [4.78, 5) is 23.1. The molecule has 0 aromatic carbocycles. The Hall–Kier alpha value is -1.30. The highest BCUT2D eigenvalue weighted by Gasteiger charge is 2.26. The number of rotatable bonds is 4. The predicted octanol–water partition coefficient (Wildman–Crippen LogP) is -0.258. The quantitative estimate of drug-likeness (QED) is 0.634. The van der Waals surface area contributed by atoms with Crippen molar-refractivity contribution in [2.75, 3.05) is 13.2 Å². The van der Waals surface area contributed by atoms with Crippen molar-refractivity contribution in [3.63, 3.8) is 0 Å². The molecule has 2 fully saturated rings. The van der Waals surface area contributed by atoms with Gasteiger partial charge in [-0.15, -0.1) is 0 Å². The van der Waals surface area contributed by atoms with Gasteiger partial charge in [0.05, 0.1) is 12.6 Å². The molecule has 0 spiro atoms. The zero-order valence-electron chi connectivity index (χ0n) is 9.99. The summed E-state index contributed by atoms with van der Waals surface area (Å²) in [6, 6.07) is -0.427. The van der Waals surface area contributed by atoms with Gasteiger partial charge in [-0.3, -0.25) is 4.79 Å². The van der Waals surface area contributed by atoms with Crippen molar-refractivity contribution >= 4 is 11.9 Å². The van der Waals surface area contributed by atoms with Gasteiger partial charge in [-0.05, 0) is 26.2 Å². The third kappa shape index (κ3) is 3.89. The van der Waals surface area contributed by atoms with Crippen LogP contribution >= 0.6 is 0 Å². The summed E-state index contributed by atoms with van der Waals surface area (Å²) in [5.41, 5.74) is 0. The van der Waals surface area contributed by atoms with Crippen LogP contribution in [-0.4, -0.2) is 43.3 Å². The summed E-state index contributed by atoms with van der Waals surface area (Å²) in [6.45, 7) is 2.92. The van der Waals surface area contributed by atoms with Crippen molar-refractivity contribution < 1.29 is 14.3 Å². The Bertz CT molecular complexity index is 298. The molecule has 96 valence electrons. The first kappa shape index (κ1) is 12.2. The highest BCUT2D eigenvalue weighted by molar-refractivity contribution is 5.87. The number of amides is 3. The Balaban J connectivity index is 1.67. The Morgan fingerprint density at radius 2 is 1.94 bits per heavy atom. The van der Waals surface area contributed by atoms with Crippen molar-refractivity contribution in [2.45, 2.75) is 44.3 Å². The van der Waals surface area contributed by atoms with Crippen LogP contribution in [0.25, 0.3) is 0 Å². The monoisotopic (exact) mass is 241 g/mol. The van der Waals surface area contributed by atoms with Crippen LogP contribution in [0.1, 0.15) is 26.2 Å². The lowest BCUT2D eigenvalue weighted by molar-refractivity contribution is -0.122. The van der Waals surface area contributed by atoms with Crippen molar-refractivity contribution in [3.8, 4) is 0 Å². The number of urea groups is 1. The van der Waals surface area contributed by atoms with E-state index in [1.807, 2.05) is 0 Å². The van der Waals surface area contributed by atoms with Crippen LogP contribution in [0, 0.1) is 0 Å². The Morgan fingerprint density at radius 1 is 1.18 bits per heavy atom. The first-order chi connectivity index (χ1) is 8.15. The molecule has 0 bridgehead atoms. The minimum absolute atomic E-state index is 0.0636. The SMILES string of the molecule is CC(NC(=O)NC1CCOC1)C(=O)NC1CC1. The molecule has 1 saturated carbocycles. The predicted molar refractivity (Wildman–Crippen MR) is 61.5 cm³/mol. The topological polar surface area (TPSA) is 79.5 Å². The molecule has 0 aromatic heterocycles. The Labute approximate surface area is 100 Å². The Morgan fingerprint density at radius 3 is 2.53 bits per heavy atom. The van der Waals surface area contributed by atoms with Crippen LogP contribution in [0.5, 0.6) is 0 Å². The molecular weight excluding hydrogens is 222 g/mol. The number of nitrogens with one attached hydrogen (secondary N) is 3. The first-order valence-corrected chi connectivity index (χ1v) is 6.10. The lowest BCUT2D eigenvalue weighted by Crippen LogP contribution is -2.51. The molecule has 1 saturated heterocycles. The molecule has 2 rings (SSSR count). The molecule has 2 atom stereocenters. The van der Waals surface area contributed by atoms with Crippen LogP contribution in [-0.2, 0) is 9.53 Å². The van der Waals surface area contributed by atoms with Gasteiger partial charge in [-0.25, -0.2) is 4.79 Å². The van der Waals surface area contributed by atoms with Crippen molar-refractivity contribution in [1.29, 1.82) is 0 Å². The number of hydrogen-bond donors (Lipinski definition) is 3. The number of ether oxygens (including phenoxy) is 1. The van der Waals surface area contributed by atoms with Crippen LogP contribution in [0.15, 0.2) is 0 Å². The van der Waals surface area contributed by atoms with E-state index in [-0.39, 0.29) is 18.0 Å². The van der Waals surface area contributed by atoms with E-state index in [0.29, 0.717) is 19.3 Å².